The molecule has 2 rings (SSSR count). The van der Waals surface area contributed by atoms with E-state index in [1.165, 1.54) is 23.5 Å². The van der Waals surface area contributed by atoms with Gasteiger partial charge in [0.15, 0.2) is 5.13 Å². The molecule has 1 unspecified atom stereocenters. The average molecular weight is 300 g/mol. The molecule has 0 radical (unpaired) electrons. The van der Waals surface area contributed by atoms with Gasteiger partial charge in [-0.2, -0.15) is 13.2 Å². The second-order valence-corrected chi connectivity index (χ2v) is 5.25. The van der Waals surface area contributed by atoms with Gasteiger partial charge in [0.25, 0.3) is 0 Å². The van der Waals surface area contributed by atoms with Gasteiger partial charge in [-0.25, -0.2) is 4.98 Å². The van der Waals surface area contributed by atoms with Crippen LogP contribution in [-0.2, 0) is 11.0 Å². The summed E-state index contributed by atoms with van der Waals surface area (Å²) in [6, 6.07) is 4.69. The molecule has 0 saturated carbocycles. The van der Waals surface area contributed by atoms with Gasteiger partial charge in [-0.1, -0.05) is 6.92 Å². The summed E-state index contributed by atoms with van der Waals surface area (Å²) in [5, 5.41) is 3.44. The van der Waals surface area contributed by atoms with E-state index in [4.69, 9.17) is 0 Å². The first kappa shape index (κ1) is 14.5. The predicted molar refractivity (Wildman–Crippen MR) is 71.3 cm³/mol. The molecule has 1 atom stereocenters. The van der Waals surface area contributed by atoms with Crippen LogP contribution in [0, 0.1) is 0 Å². The third kappa shape index (κ3) is 3.36. The van der Waals surface area contributed by atoms with Gasteiger partial charge >= 0.3 is 6.18 Å². The molecule has 1 aromatic carbocycles. The molecule has 0 spiro atoms. The molecule has 7 heteroatoms. The molecule has 106 valence electrons. The van der Waals surface area contributed by atoms with Crippen LogP contribution in [0.5, 0.6) is 0 Å². The van der Waals surface area contributed by atoms with Crippen molar-refractivity contribution in [2.75, 3.05) is 5.32 Å². The van der Waals surface area contributed by atoms with Gasteiger partial charge < -0.3 is 10.1 Å². The van der Waals surface area contributed by atoms with Crippen molar-refractivity contribution in [1.82, 2.24) is 4.98 Å². The maximum Gasteiger partial charge on any atom is 0.416 e. The van der Waals surface area contributed by atoms with Crippen LogP contribution < -0.4 is 5.32 Å². The standard InChI is InChI=1S/C13H11F3N2OS/c1-8(7-19)11-6-17-12(20-11)18-10-4-2-9(3-5-10)13(14,15)16/h2-8H,1H3,(H,17,18). The van der Waals surface area contributed by atoms with E-state index in [9.17, 15) is 18.0 Å². The molecule has 1 aromatic heterocycles. The van der Waals surface area contributed by atoms with Crippen molar-refractivity contribution in [1.29, 1.82) is 0 Å². The van der Waals surface area contributed by atoms with Gasteiger partial charge in [-0.05, 0) is 24.3 Å². The lowest BCUT2D eigenvalue weighted by Gasteiger charge is -2.07. The van der Waals surface area contributed by atoms with Crippen LogP contribution in [0.3, 0.4) is 0 Å². The van der Waals surface area contributed by atoms with E-state index in [-0.39, 0.29) is 5.92 Å². The fourth-order valence-corrected chi connectivity index (χ4v) is 2.33. The Morgan fingerprint density at radius 3 is 2.50 bits per heavy atom. The van der Waals surface area contributed by atoms with Crippen LogP contribution in [0.25, 0.3) is 0 Å². The Morgan fingerprint density at radius 1 is 1.30 bits per heavy atom. The predicted octanol–water partition coefficient (Wildman–Crippen LogP) is 4.21. The quantitative estimate of drug-likeness (QED) is 0.860. The fraction of sp³-hybridized carbons (Fsp3) is 0.231. The van der Waals surface area contributed by atoms with Crippen LogP contribution in [0.2, 0.25) is 0 Å². The number of halogens is 3. The van der Waals surface area contributed by atoms with Crippen LogP contribution in [0.15, 0.2) is 30.5 Å². The lowest BCUT2D eigenvalue weighted by atomic mass is 10.2. The van der Waals surface area contributed by atoms with E-state index in [1.807, 2.05) is 0 Å². The molecular weight excluding hydrogens is 289 g/mol. The highest BCUT2D eigenvalue weighted by Crippen LogP contribution is 2.31. The highest BCUT2D eigenvalue weighted by atomic mass is 32.1. The lowest BCUT2D eigenvalue weighted by Crippen LogP contribution is -2.04. The number of rotatable bonds is 4. The molecule has 0 aliphatic rings. The van der Waals surface area contributed by atoms with E-state index in [1.54, 1.807) is 13.1 Å². The molecule has 0 bridgehead atoms. The molecule has 0 fully saturated rings. The molecule has 0 aliphatic carbocycles. The van der Waals surface area contributed by atoms with E-state index >= 15 is 0 Å². The maximum absolute atomic E-state index is 12.4. The molecular formula is C13H11F3N2OS. The summed E-state index contributed by atoms with van der Waals surface area (Å²) >= 11 is 1.29. The van der Waals surface area contributed by atoms with Gasteiger partial charge in [0.1, 0.15) is 6.29 Å². The Balaban J connectivity index is 2.10. The molecule has 3 nitrogen and oxygen atoms in total. The lowest BCUT2D eigenvalue weighted by molar-refractivity contribution is -0.137. The van der Waals surface area contributed by atoms with Crippen molar-refractivity contribution in [3.63, 3.8) is 0 Å². The van der Waals surface area contributed by atoms with E-state index in [2.05, 4.69) is 10.3 Å². The van der Waals surface area contributed by atoms with Gasteiger partial charge in [0.05, 0.1) is 5.56 Å². The minimum Gasteiger partial charge on any atom is -0.332 e. The number of benzene rings is 1. The average Bonchev–Trinajstić information content (AvgIpc) is 2.86. The Labute approximate surface area is 117 Å². The Hall–Kier alpha value is -1.89. The van der Waals surface area contributed by atoms with Crippen molar-refractivity contribution in [2.24, 2.45) is 0 Å². The largest absolute Gasteiger partial charge is 0.416 e. The third-order valence-electron chi connectivity index (χ3n) is 2.64. The summed E-state index contributed by atoms with van der Waals surface area (Å²) in [6.07, 6.45) is -1.95. The SMILES string of the molecule is CC(C=O)c1cnc(Nc2ccc(C(F)(F)F)cc2)s1. The Kier molecular flexibility index (Phi) is 4.08. The zero-order valence-electron chi connectivity index (χ0n) is 10.4. The van der Waals surface area contributed by atoms with Crippen LogP contribution in [0.4, 0.5) is 24.0 Å². The Morgan fingerprint density at radius 2 is 1.95 bits per heavy atom. The fourth-order valence-electron chi connectivity index (χ4n) is 1.49. The third-order valence-corrected chi connectivity index (χ3v) is 3.75. The van der Waals surface area contributed by atoms with Gasteiger partial charge in [0, 0.05) is 22.7 Å². The van der Waals surface area contributed by atoms with E-state index in [0.717, 1.165) is 23.3 Å². The minimum atomic E-state index is -4.34. The first-order valence-electron chi connectivity index (χ1n) is 5.75. The number of hydrogen-bond donors (Lipinski definition) is 1. The monoisotopic (exact) mass is 300 g/mol. The number of carbonyl (C=O) groups is 1. The van der Waals surface area contributed by atoms with Gasteiger partial charge in [0.2, 0.25) is 0 Å². The molecule has 0 amide bonds. The number of anilines is 2. The molecule has 1 N–H and O–H groups in total. The van der Waals surface area contributed by atoms with Crippen LogP contribution in [0.1, 0.15) is 23.3 Å². The molecule has 0 saturated heterocycles. The Bertz CT molecular complexity index is 592. The first-order chi connectivity index (χ1) is 9.40. The number of carbonyl (C=O) groups excluding carboxylic acids is 1. The van der Waals surface area contributed by atoms with Crippen molar-refractivity contribution < 1.29 is 18.0 Å². The number of thiazole rings is 1. The molecule has 0 aliphatic heterocycles. The summed E-state index contributed by atoms with van der Waals surface area (Å²) in [5.74, 6) is -0.240. The number of aromatic nitrogens is 1. The zero-order chi connectivity index (χ0) is 14.8. The second kappa shape index (κ2) is 5.62. The summed E-state index contributed by atoms with van der Waals surface area (Å²) in [6.45, 7) is 1.75. The normalized spacial score (nSPS) is 13.0. The molecule has 20 heavy (non-hydrogen) atoms. The number of aldehydes is 1. The smallest absolute Gasteiger partial charge is 0.332 e. The molecule has 1 heterocycles. The van der Waals surface area contributed by atoms with E-state index < -0.39 is 11.7 Å². The van der Waals surface area contributed by atoms with Gasteiger partial charge in [-0.3, -0.25) is 0 Å². The van der Waals surface area contributed by atoms with Crippen molar-refractivity contribution in [2.45, 2.75) is 19.0 Å². The highest BCUT2D eigenvalue weighted by molar-refractivity contribution is 7.15. The number of alkyl halides is 3. The number of hydrogen-bond acceptors (Lipinski definition) is 4. The molecule has 2 aromatic rings. The second-order valence-electron chi connectivity index (χ2n) is 4.19. The summed E-state index contributed by atoms with van der Waals surface area (Å²) in [5.41, 5.74) is -0.185. The van der Waals surface area contributed by atoms with Crippen molar-refractivity contribution in [3.8, 4) is 0 Å². The number of nitrogens with zero attached hydrogens (tertiary/aromatic N) is 1. The van der Waals surface area contributed by atoms with Gasteiger partial charge in [-0.15, -0.1) is 11.3 Å². The first-order valence-corrected chi connectivity index (χ1v) is 6.57. The van der Waals surface area contributed by atoms with Crippen molar-refractivity contribution >= 4 is 28.4 Å². The summed E-state index contributed by atoms with van der Waals surface area (Å²) in [4.78, 5) is 15.5. The van der Waals surface area contributed by atoms with Crippen LogP contribution >= 0.6 is 11.3 Å². The van der Waals surface area contributed by atoms with E-state index in [0.29, 0.717) is 10.8 Å². The summed E-state index contributed by atoms with van der Waals surface area (Å²) < 4.78 is 37.2. The maximum atomic E-state index is 12.4. The topological polar surface area (TPSA) is 42.0 Å². The minimum absolute atomic E-state index is 0.240. The van der Waals surface area contributed by atoms with Crippen molar-refractivity contribution in [3.05, 3.63) is 40.9 Å². The van der Waals surface area contributed by atoms with Crippen LogP contribution in [-0.4, -0.2) is 11.3 Å². The summed E-state index contributed by atoms with van der Waals surface area (Å²) in [7, 11) is 0. The number of nitrogens with one attached hydrogen (secondary N) is 1. The highest BCUT2D eigenvalue weighted by Gasteiger charge is 2.29. The zero-order valence-corrected chi connectivity index (χ0v) is 11.3.